The van der Waals surface area contributed by atoms with Crippen LogP contribution in [0.4, 0.5) is 5.13 Å². The average molecular weight is 432 g/mol. The average Bonchev–Trinajstić information content (AvgIpc) is 3.09. The summed E-state index contributed by atoms with van der Waals surface area (Å²) >= 11 is 4.71. The first-order valence-corrected chi connectivity index (χ1v) is 9.86. The number of halogens is 1. The highest BCUT2D eigenvalue weighted by Gasteiger charge is 2.10. The van der Waals surface area contributed by atoms with Crippen LogP contribution in [0.3, 0.4) is 0 Å². The van der Waals surface area contributed by atoms with Crippen molar-refractivity contribution in [2.75, 3.05) is 11.9 Å². The van der Waals surface area contributed by atoms with Crippen molar-refractivity contribution in [3.05, 3.63) is 69.1 Å². The number of anilines is 1. The minimum absolute atomic E-state index is 0.207. The number of hydrogen-bond acceptors (Lipinski definition) is 5. The van der Waals surface area contributed by atoms with Gasteiger partial charge in [-0.15, -0.1) is 10.2 Å². The summed E-state index contributed by atoms with van der Waals surface area (Å²) in [6, 6.07) is 15.3. The predicted molar refractivity (Wildman–Crippen MR) is 107 cm³/mol. The summed E-state index contributed by atoms with van der Waals surface area (Å²) in [5.74, 6) is 0.635. The molecule has 5 nitrogen and oxygen atoms in total. The summed E-state index contributed by atoms with van der Waals surface area (Å²) in [5, 5.41) is 12.2. The number of benzene rings is 2. The number of amides is 1. The van der Waals surface area contributed by atoms with Crippen molar-refractivity contribution in [1.82, 2.24) is 10.2 Å². The van der Waals surface area contributed by atoms with Gasteiger partial charge in [0, 0.05) is 16.5 Å². The van der Waals surface area contributed by atoms with Crippen LogP contribution in [0.1, 0.15) is 27.9 Å². The number of carbonyl (C=O) groups excluding carboxylic acids is 1. The van der Waals surface area contributed by atoms with E-state index < -0.39 is 0 Å². The van der Waals surface area contributed by atoms with E-state index in [0.717, 1.165) is 21.7 Å². The van der Waals surface area contributed by atoms with Gasteiger partial charge in [-0.25, -0.2) is 0 Å². The van der Waals surface area contributed by atoms with Crippen LogP contribution in [0.15, 0.2) is 53.0 Å². The molecule has 0 fully saturated rings. The Morgan fingerprint density at radius 2 is 2.00 bits per heavy atom. The van der Waals surface area contributed by atoms with Crippen molar-refractivity contribution in [2.24, 2.45) is 0 Å². The molecule has 0 saturated carbocycles. The fraction of sp³-hybridized carbons (Fsp3) is 0.211. The number of carbonyl (C=O) groups is 1. The molecule has 1 heterocycles. The SMILES string of the molecule is CCc1ccc(OCCc2nnc(NC(=O)c3cccc(Br)c3)s2)cc1. The monoisotopic (exact) mass is 431 g/mol. The second-order valence-corrected chi connectivity index (χ2v) is 7.54. The standard InChI is InChI=1S/C19H18BrN3O2S/c1-2-13-6-8-16(9-7-13)25-11-10-17-22-23-19(26-17)21-18(24)14-4-3-5-15(20)12-14/h3-9,12H,2,10-11H2,1H3,(H,21,23,24). The summed E-state index contributed by atoms with van der Waals surface area (Å²) in [7, 11) is 0. The molecule has 0 aliphatic heterocycles. The molecule has 0 aliphatic carbocycles. The van der Waals surface area contributed by atoms with Gasteiger partial charge in [0.05, 0.1) is 6.61 Å². The fourth-order valence-electron chi connectivity index (χ4n) is 2.28. The minimum Gasteiger partial charge on any atom is -0.493 e. The van der Waals surface area contributed by atoms with E-state index in [0.29, 0.717) is 23.7 Å². The highest BCUT2D eigenvalue weighted by atomic mass is 79.9. The molecule has 3 rings (SSSR count). The van der Waals surface area contributed by atoms with Crippen molar-refractivity contribution in [2.45, 2.75) is 19.8 Å². The molecule has 2 aromatic carbocycles. The highest BCUT2D eigenvalue weighted by molar-refractivity contribution is 9.10. The van der Waals surface area contributed by atoms with Gasteiger partial charge >= 0.3 is 0 Å². The number of rotatable bonds is 7. The Morgan fingerprint density at radius 3 is 2.73 bits per heavy atom. The lowest BCUT2D eigenvalue weighted by Gasteiger charge is -2.05. The topological polar surface area (TPSA) is 64.1 Å². The van der Waals surface area contributed by atoms with E-state index in [1.807, 2.05) is 24.3 Å². The summed E-state index contributed by atoms with van der Waals surface area (Å²) in [5.41, 5.74) is 1.85. The molecule has 0 unspecified atom stereocenters. The van der Waals surface area contributed by atoms with Crippen LogP contribution in [0.2, 0.25) is 0 Å². The predicted octanol–water partition coefficient (Wildman–Crippen LogP) is 4.74. The van der Waals surface area contributed by atoms with Gasteiger partial charge in [0.2, 0.25) is 5.13 Å². The lowest BCUT2D eigenvalue weighted by Crippen LogP contribution is -2.11. The maximum Gasteiger partial charge on any atom is 0.257 e. The quantitative estimate of drug-likeness (QED) is 0.586. The molecule has 1 aromatic heterocycles. The summed E-state index contributed by atoms with van der Waals surface area (Å²) in [6.45, 7) is 2.64. The Morgan fingerprint density at radius 1 is 1.19 bits per heavy atom. The zero-order valence-electron chi connectivity index (χ0n) is 14.2. The third-order valence-electron chi connectivity index (χ3n) is 3.69. The third-order valence-corrected chi connectivity index (χ3v) is 5.08. The molecule has 7 heteroatoms. The molecule has 0 spiro atoms. The fourth-order valence-corrected chi connectivity index (χ4v) is 3.40. The first kappa shape index (κ1) is 18.5. The highest BCUT2D eigenvalue weighted by Crippen LogP contribution is 2.19. The first-order chi connectivity index (χ1) is 12.6. The van der Waals surface area contributed by atoms with Crippen LogP contribution in [0.25, 0.3) is 0 Å². The zero-order valence-corrected chi connectivity index (χ0v) is 16.6. The van der Waals surface area contributed by atoms with E-state index in [4.69, 9.17) is 4.74 Å². The number of aryl methyl sites for hydroxylation is 1. The molecule has 0 saturated heterocycles. The molecule has 1 N–H and O–H groups in total. The molecule has 26 heavy (non-hydrogen) atoms. The number of nitrogens with zero attached hydrogens (tertiary/aromatic N) is 2. The van der Waals surface area contributed by atoms with Crippen LogP contribution >= 0.6 is 27.3 Å². The Kier molecular flexibility index (Phi) is 6.35. The van der Waals surface area contributed by atoms with Crippen molar-refractivity contribution in [1.29, 1.82) is 0 Å². The molecular weight excluding hydrogens is 414 g/mol. The van der Waals surface area contributed by atoms with Gasteiger partial charge in [-0.1, -0.05) is 52.4 Å². The number of nitrogens with one attached hydrogen (secondary N) is 1. The number of hydrogen-bond donors (Lipinski definition) is 1. The zero-order chi connectivity index (χ0) is 18.4. The van der Waals surface area contributed by atoms with Crippen LogP contribution < -0.4 is 10.1 Å². The van der Waals surface area contributed by atoms with E-state index in [2.05, 4.69) is 50.5 Å². The minimum atomic E-state index is -0.207. The number of ether oxygens (including phenoxy) is 1. The van der Waals surface area contributed by atoms with E-state index >= 15 is 0 Å². The lowest BCUT2D eigenvalue weighted by atomic mass is 10.2. The van der Waals surface area contributed by atoms with Gasteiger partial charge < -0.3 is 4.74 Å². The molecular formula is C19H18BrN3O2S. The molecule has 1 amide bonds. The van der Waals surface area contributed by atoms with E-state index in [1.165, 1.54) is 16.9 Å². The second kappa shape index (κ2) is 8.91. The van der Waals surface area contributed by atoms with E-state index in [9.17, 15) is 4.79 Å². The van der Waals surface area contributed by atoms with Crippen LogP contribution in [0.5, 0.6) is 5.75 Å². The van der Waals surface area contributed by atoms with E-state index in [1.54, 1.807) is 12.1 Å². The van der Waals surface area contributed by atoms with Crippen LogP contribution in [-0.4, -0.2) is 22.7 Å². The molecule has 134 valence electrons. The first-order valence-electron chi connectivity index (χ1n) is 8.25. The summed E-state index contributed by atoms with van der Waals surface area (Å²) in [4.78, 5) is 12.2. The van der Waals surface area contributed by atoms with Crippen molar-refractivity contribution in [3.8, 4) is 5.75 Å². The maximum absolute atomic E-state index is 12.2. The Balaban J connectivity index is 1.50. The second-order valence-electron chi connectivity index (χ2n) is 5.56. The number of aromatic nitrogens is 2. The van der Waals surface area contributed by atoms with Gasteiger partial charge in [0.25, 0.3) is 5.91 Å². The Bertz CT molecular complexity index is 881. The van der Waals surface area contributed by atoms with Crippen molar-refractivity contribution in [3.63, 3.8) is 0 Å². The molecule has 0 radical (unpaired) electrons. The van der Waals surface area contributed by atoms with Gasteiger partial charge in [0.1, 0.15) is 10.8 Å². The molecule has 0 aliphatic rings. The molecule has 0 bridgehead atoms. The van der Waals surface area contributed by atoms with Gasteiger partial charge in [-0.3, -0.25) is 10.1 Å². The normalized spacial score (nSPS) is 10.5. The lowest BCUT2D eigenvalue weighted by molar-refractivity contribution is 0.102. The van der Waals surface area contributed by atoms with E-state index in [-0.39, 0.29) is 5.91 Å². The summed E-state index contributed by atoms with van der Waals surface area (Å²) < 4.78 is 6.58. The molecule has 0 atom stereocenters. The van der Waals surface area contributed by atoms with Gasteiger partial charge in [-0.05, 0) is 42.3 Å². The van der Waals surface area contributed by atoms with Crippen molar-refractivity contribution < 1.29 is 9.53 Å². The molecule has 3 aromatic rings. The van der Waals surface area contributed by atoms with Gasteiger partial charge in [0.15, 0.2) is 0 Å². The Labute approximate surface area is 164 Å². The third kappa shape index (κ3) is 5.12. The smallest absolute Gasteiger partial charge is 0.257 e. The largest absolute Gasteiger partial charge is 0.493 e. The van der Waals surface area contributed by atoms with Crippen molar-refractivity contribution >= 4 is 38.3 Å². The van der Waals surface area contributed by atoms with Crippen LogP contribution in [-0.2, 0) is 12.8 Å². The van der Waals surface area contributed by atoms with Crippen LogP contribution in [0, 0.1) is 0 Å². The van der Waals surface area contributed by atoms with Gasteiger partial charge in [-0.2, -0.15) is 0 Å². The summed E-state index contributed by atoms with van der Waals surface area (Å²) in [6.07, 6.45) is 1.65. The Hall–Kier alpha value is -2.25. The maximum atomic E-state index is 12.2.